The van der Waals surface area contributed by atoms with Crippen LogP contribution < -0.4 is 10.6 Å². The highest BCUT2D eigenvalue weighted by molar-refractivity contribution is 7.07. The predicted octanol–water partition coefficient (Wildman–Crippen LogP) is 2.08. The van der Waals surface area contributed by atoms with Crippen LogP contribution in [0.25, 0.3) is 0 Å². The van der Waals surface area contributed by atoms with Crippen LogP contribution in [0.15, 0.2) is 16.8 Å². The molecular formula is C11H20N2S. The molecule has 1 heterocycles. The summed E-state index contributed by atoms with van der Waals surface area (Å²) in [6, 6.07) is 2.17. The van der Waals surface area contributed by atoms with Crippen LogP contribution in [-0.2, 0) is 6.54 Å². The van der Waals surface area contributed by atoms with Crippen molar-refractivity contribution in [3.8, 4) is 0 Å². The van der Waals surface area contributed by atoms with E-state index in [2.05, 4.69) is 41.3 Å². The quantitative estimate of drug-likeness (QED) is 0.723. The molecule has 1 aromatic heterocycles. The van der Waals surface area contributed by atoms with Gasteiger partial charge in [-0.15, -0.1) is 0 Å². The standard InChI is InChI=1S/C11H20N2S/c1-3-12-6-10(2)7-13-8-11-4-5-14-9-11/h4-5,9-10,12-13H,3,6-8H2,1-2H3. The molecular weight excluding hydrogens is 192 g/mol. The third kappa shape index (κ3) is 4.74. The van der Waals surface area contributed by atoms with Gasteiger partial charge < -0.3 is 10.6 Å². The van der Waals surface area contributed by atoms with E-state index in [1.165, 1.54) is 5.56 Å². The van der Waals surface area contributed by atoms with Gasteiger partial charge >= 0.3 is 0 Å². The lowest BCUT2D eigenvalue weighted by molar-refractivity contribution is 0.479. The SMILES string of the molecule is CCNCC(C)CNCc1ccsc1. The van der Waals surface area contributed by atoms with Crippen LogP contribution in [0.3, 0.4) is 0 Å². The molecule has 0 bridgehead atoms. The van der Waals surface area contributed by atoms with Crippen LogP contribution in [0.4, 0.5) is 0 Å². The second kappa shape index (κ2) is 6.98. The molecule has 0 saturated carbocycles. The molecule has 0 fully saturated rings. The maximum atomic E-state index is 3.46. The normalized spacial score (nSPS) is 13.0. The number of rotatable bonds is 7. The number of hydrogen-bond acceptors (Lipinski definition) is 3. The smallest absolute Gasteiger partial charge is 0.0213 e. The molecule has 0 aliphatic heterocycles. The maximum absolute atomic E-state index is 3.46. The molecule has 2 nitrogen and oxygen atoms in total. The van der Waals surface area contributed by atoms with Crippen molar-refractivity contribution in [2.45, 2.75) is 20.4 Å². The maximum Gasteiger partial charge on any atom is 0.0213 e. The van der Waals surface area contributed by atoms with Crippen LogP contribution in [0.5, 0.6) is 0 Å². The molecule has 2 N–H and O–H groups in total. The number of nitrogens with one attached hydrogen (secondary N) is 2. The van der Waals surface area contributed by atoms with Gasteiger partial charge in [0.25, 0.3) is 0 Å². The molecule has 1 atom stereocenters. The molecule has 3 heteroatoms. The van der Waals surface area contributed by atoms with Crippen LogP contribution >= 0.6 is 11.3 Å². The Balaban J connectivity index is 2.03. The molecule has 80 valence electrons. The van der Waals surface area contributed by atoms with Crippen LogP contribution in [0.2, 0.25) is 0 Å². The van der Waals surface area contributed by atoms with Crippen molar-refractivity contribution in [1.29, 1.82) is 0 Å². The first-order valence-corrected chi connectivity index (χ1v) is 6.19. The van der Waals surface area contributed by atoms with Crippen molar-refractivity contribution in [3.05, 3.63) is 22.4 Å². The van der Waals surface area contributed by atoms with E-state index in [1.807, 2.05) is 0 Å². The fraction of sp³-hybridized carbons (Fsp3) is 0.636. The summed E-state index contributed by atoms with van der Waals surface area (Å²) in [5.74, 6) is 0.702. The summed E-state index contributed by atoms with van der Waals surface area (Å²) in [4.78, 5) is 0. The number of hydrogen-bond donors (Lipinski definition) is 2. The van der Waals surface area contributed by atoms with Gasteiger partial charge in [0.05, 0.1) is 0 Å². The zero-order valence-corrected chi connectivity index (χ0v) is 9.86. The van der Waals surface area contributed by atoms with Gasteiger partial charge in [0.1, 0.15) is 0 Å². The average Bonchev–Trinajstić information content (AvgIpc) is 2.67. The molecule has 1 unspecified atom stereocenters. The van der Waals surface area contributed by atoms with Gasteiger partial charge in [-0.25, -0.2) is 0 Å². The lowest BCUT2D eigenvalue weighted by Gasteiger charge is -2.12. The zero-order chi connectivity index (χ0) is 10.2. The molecule has 1 aromatic rings. The Bertz CT molecular complexity index is 221. The summed E-state index contributed by atoms with van der Waals surface area (Å²) in [5.41, 5.74) is 1.39. The van der Waals surface area contributed by atoms with Crippen molar-refractivity contribution >= 4 is 11.3 Å². The monoisotopic (exact) mass is 212 g/mol. The molecule has 14 heavy (non-hydrogen) atoms. The summed E-state index contributed by atoms with van der Waals surface area (Å²) in [6.07, 6.45) is 0. The van der Waals surface area contributed by atoms with Gasteiger partial charge in [0.2, 0.25) is 0 Å². The first kappa shape index (κ1) is 11.7. The third-order valence-electron chi connectivity index (χ3n) is 2.14. The van der Waals surface area contributed by atoms with E-state index in [0.29, 0.717) is 5.92 Å². The van der Waals surface area contributed by atoms with E-state index in [4.69, 9.17) is 0 Å². The zero-order valence-electron chi connectivity index (χ0n) is 9.05. The van der Waals surface area contributed by atoms with Crippen LogP contribution in [0.1, 0.15) is 19.4 Å². The molecule has 1 rings (SSSR count). The topological polar surface area (TPSA) is 24.1 Å². The van der Waals surface area contributed by atoms with E-state index in [9.17, 15) is 0 Å². The highest BCUT2D eigenvalue weighted by Crippen LogP contribution is 2.05. The molecule has 0 spiro atoms. The van der Waals surface area contributed by atoms with Crippen molar-refractivity contribution in [3.63, 3.8) is 0 Å². The van der Waals surface area contributed by atoms with E-state index in [0.717, 1.165) is 26.2 Å². The summed E-state index contributed by atoms with van der Waals surface area (Å²) in [7, 11) is 0. The van der Waals surface area contributed by atoms with Gasteiger partial charge in [-0.05, 0) is 47.9 Å². The fourth-order valence-corrected chi connectivity index (χ4v) is 1.99. The van der Waals surface area contributed by atoms with Crippen molar-refractivity contribution in [1.82, 2.24) is 10.6 Å². The minimum Gasteiger partial charge on any atom is -0.317 e. The second-order valence-electron chi connectivity index (χ2n) is 3.68. The first-order chi connectivity index (χ1) is 6.83. The summed E-state index contributed by atoms with van der Waals surface area (Å²) < 4.78 is 0. The van der Waals surface area contributed by atoms with Crippen LogP contribution in [-0.4, -0.2) is 19.6 Å². The molecule has 0 amide bonds. The Morgan fingerprint density at radius 1 is 1.36 bits per heavy atom. The molecule has 0 aliphatic carbocycles. The fourth-order valence-electron chi connectivity index (χ4n) is 1.32. The molecule has 0 aliphatic rings. The minimum atomic E-state index is 0.702. The first-order valence-electron chi connectivity index (χ1n) is 5.25. The van der Waals surface area contributed by atoms with Gasteiger partial charge in [-0.1, -0.05) is 13.8 Å². The number of thiophene rings is 1. The summed E-state index contributed by atoms with van der Waals surface area (Å²) in [6.45, 7) is 8.67. The highest BCUT2D eigenvalue weighted by atomic mass is 32.1. The van der Waals surface area contributed by atoms with Crippen molar-refractivity contribution < 1.29 is 0 Å². The van der Waals surface area contributed by atoms with Crippen molar-refractivity contribution in [2.75, 3.05) is 19.6 Å². The largest absolute Gasteiger partial charge is 0.317 e. The average molecular weight is 212 g/mol. The summed E-state index contributed by atoms with van der Waals surface area (Å²) >= 11 is 1.76. The van der Waals surface area contributed by atoms with E-state index >= 15 is 0 Å². The Hall–Kier alpha value is -0.380. The Labute approximate surface area is 90.7 Å². The van der Waals surface area contributed by atoms with Gasteiger partial charge in [-0.2, -0.15) is 11.3 Å². The third-order valence-corrected chi connectivity index (χ3v) is 2.88. The minimum absolute atomic E-state index is 0.702. The Kier molecular flexibility index (Phi) is 5.83. The summed E-state index contributed by atoms with van der Waals surface area (Å²) in [5, 5.41) is 11.1. The Morgan fingerprint density at radius 3 is 2.79 bits per heavy atom. The van der Waals surface area contributed by atoms with E-state index < -0.39 is 0 Å². The highest BCUT2D eigenvalue weighted by Gasteiger charge is 2.00. The molecule has 0 aromatic carbocycles. The predicted molar refractivity (Wildman–Crippen MR) is 63.7 cm³/mol. The van der Waals surface area contributed by atoms with E-state index in [-0.39, 0.29) is 0 Å². The van der Waals surface area contributed by atoms with Gasteiger partial charge in [0, 0.05) is 6.54 Å². The van der Waals surface area contributed by atoms with Gasteiger partial charge in [-0.3, -0.25) is 0 Å². The second-order valence-corrected chi connectivity index (χ2v) is 4.46. The van der Waals surface area contributed by atoms with E-state index in [1.54, 1.807) is 11.3 Å². The van der Waals surface area contributed by atoms with Crippen molar-refractivity contribution in [2.24, 2.45) is 5.92 Å². The van der Waals surface area contributed by atoms with Gasteiger partial charge in [0.15, 0.2) is 0 Å². The molecule has 0 radical (unpaired) electrons. The Morgan fingerprint density at radius 2 is 2.14 bits per heavy atom. The molecule has 0 saturated heterocycles. The lowest BCUT2D eigenvalue weighted by Crippen LogP contribution is -2.29. The van der Waals surface area contributed by atoms with Crippen LogP contribution in [0, 0.1) is 5.92 Å². The lowest BCUT2D eigenvalue weighted by atomic mass is 10.2.